The summed E-state index contributed by atoms with van der Waals surface area (Å²) in [7, 11) is -6.39. The van der Waals surface area contributed by atoms with Gasteiger partial charge in [0.25, 0.3) is 5.56 Å². The molecule has 0 spiro atoms. The third kappa shape index (κ3) is 8.98. The van der Waals surface area contributed by atoms with Crippen molar-refractivity contribution in [3.8, 4) is 0 Å². The highest BCUT2D eigenvalue weighted by molar-refractivity contribution is 7.87. The highest BCUT2D eigenvalue weighted by atomic mass is 32.2. The molecular formula is C56H45F3N4O7S. The fourth-order valence-corrected chi connectivity index (χ4v) is 10.1. The first-order valence-corrected chi connectivity index (χ1v) is 24.2. The van der Waals surface area contributed by atoms with Gasteiger partial charge >= 0.3 is 15.6 Å². The van der Waals surface area contributed by atoms with Crippen LogP contribution < -0.4 is 5.56 Å². The summed E-state index contributed by atoms with van der Waals surface area (Å²) in [6, 6.07) is 64.2. The zero-order valence-corrected chi connectivity index (χ0v) is 38.6. The first-order valence-electron chi connectivity index (χ1n) is 22.8. The number of nitrogens with zero attached hydrogens (tertiary/aromatic N) is 4. The van der Waals surface area contributed by atoms with Crippen molar-refractivity contribution >= 4 is 21.3 Å². The number of alkyl halides is 3. The van der Waals surface area contributed by atoms with Crippen LogP contribution in [0.1, 0.15) is 45.2 Å². The Morgan fingerprint density at radius 2 is 0.944 bits per heavy atom. The smallest absolute Gasteiger partial charge is 0.358 e. The lowest BCUT2D eigenvalue weighted by Gasteiger charge is -2.40. The summed E-state index contributed by atoms with van der Waals surface area (Å²) in [5, 5.41) is 0. The first-order chi connectivity index (χ1) is 34.5. The molecule has 1 fully saturated rings. The highest BCUT2D eigenvalue weighted by Crippen LogP contribution is 2.48. The average Bonchev–Trinajstić information content (AvgIpc) is 3.99. The Balaban J connectivity index is 1.19. The van der Waals surface area contributed by atoms with E-state index in [4.69, 9.17) is 18.4 Å². The second kappa shape index (κ2) is 19.7. The molecule has 0 N–H and O–H groups in total. The van der Waals surface area contributed by atoms with Crippen LogP contribution in [0.5, 0.6) is 0 Å². The van der Waals surface area contributed by atoms with Crippen LogP contribution in [0.4, 0.5) is 13.2 Å². The van der Waals surface area contributed by atoms with Gasteiger partial charge in [-0.3, -0.25) is 18.1 Å². The Morgan fingerprint density at radius 1 is 0.535 bits per heavy atom. The Kier molecular flexibility index (Phi) is 13.1. The molecule has 0 amide bonds. The van der Waals surface area contributed by atoms with Crippen molar-refractivity contribution in [3.63, 3.8) is 0 Å². The number of hydrogen-bond donors (Lipinski definition) is 0. The fourth-order valence-electron chi connectivity index (χ4n) is 9.44. The predicted octanol–water partition coefficient (Wildman–Crippen LogP) is 10.2. The molecule has 2 aromatic heterocycles. The van der Waals surface area contributed by atoms with Gasteiger partial charge in [-0.05, 0) is 38.9 Å². The monoisotopic (exact) mass is 974 g/mol. The number of aromatic nitrogens is 4. The van der Waals surface area contributed by atoms with Crippen molar-refractivity contribution in [2.24, 2.45) is 0 Å². The van der Waals surface area contributed by atoms with Gasteiger partial charge < -0.3 is 14.2 Å². The van der Waals surface area contributed by atoms with Crippen LogP contribution >= 0.6 is 0 Å². The van der Waals surface area contributed by atoms with Crippen molar-refractivity contribution in [2.75, 3.05) is 6.61 Å². The number of hydrogen-bond acceptors (Lipinski definition) is 9. The maximum Gasteiger partial charge on any atom is 0.523 e. The molecule has 3 heterocycles. The number of fused-ring (bicyclic) bond motifs is 1. The molecule has 10 rings (SSSR count). The first kappa shape index (κ1) is 47.2. The normalized spacial score (nSPS) is 17.6. The molecular weight excluding hydrogens is 930 g/mol. The lowest BCUT2D eigenvalue weighted by atomic mass is 9.79. The summed E-state index contributed by atoms with van der Waals surface area (Å²) in [4.78, 5) is 23.4. The van der Waals surface area contributed by atoms with Crippen molar-refractivity contribution in [1.82, 2.24) is 19.1 Å². The molecule has 4 atom stereocenters. The SMILES string of the molecule is O=c1c2ncn([C@@H]3O[C@H](COC(c4ccccc4)(c4ccccc4)c4ccccc4)[C@@H](OS(=O)(=O)C(F)(F)F)[C@H]3OC(c3ccccc3)(c3ccccc3)c3ccccc3)c2ncn1Cc1ccccc1. The Bertz CT molecular complexity index is 3180. The van der Waals surface area contributed by atoms with Crippen LogP contribution in [-0.4, -0.2) is 57.9 Å². The van der Waals surface area contributed by atoms with E-state index in [1.165, 1.54) is 21.8 Å². The van der Waals surface area contributed by atoms with Crippen molar-refractivity contribution in [2.45, 2.75) is 47.8 Å². The topological polar surface area (TPSA) is 124 Å². The standard InChI is InChI=1S/C56H45F3N4O7S/c57-56(58,59)71(65,66)70-49-47(37-67-54(41-24-10-2-11-25-41,42-26-12-3-13-27-42)43-28-14-4-15-29-43)68-53(63-39-60-48-51(63)61-38-62(52(48)64)36-40-22-8-1-9-23-40)50(49)69-55(44-30-16-5-17-31-44,45-32-18-6-19-33-45)46-34-20-7-21-35-46/h1-35,38-39,47,49-50,53H,36-37H2/t47-,49-,50-,53-/m1/s1. The van der Waals surface area contributed by atoms with Crippen molar-refractivity contribution in [3.05, 3.63) is 274 Å². The van der Waals surface area contributed by atoms with Gasteiger partial charge in [0, 0.05) is 0 Å². The van der Waals surface area contributed by atoms with Gasteiger partial charge in [0.2, 0.25) is 0 Å². The zero-order chi connectivity index (χ0) is 49.1. The third-order valence-electron chi connectivity index (χ3n) is 12.7. The minimum Gasteiger partial charge on any atom is -0.358 e. The van der Waals surface area contributed by atoms with E-state index in [1.807, 2.05) is 176 Å². The van der Waals surface area contributed by atoms with Crippen LogP contribution in [-0.2, 0) is 46.3 Å². The molecule has 15 heteroatoms. The number of rotatable bonds is 16. The average molecular weight is 975 g/mol. The van der Waals surface area contributed by atoms with Crippen LogP contribution in [0.3, 0.4) is 0 Å². The van der Waals surface area contributed by atoms with E-state index in [0.29, 0.717) is 33.4 Å². The van der Waals surface area contributed by atoms with E-state index in [0.717, 1.165) is 5.56 Å². The highest BCUT2D eigenvalue weighted by Gasteiger charge is 2.58. The van der Waals surface area contributed by atoms with E-state index in [9.17, 15) is 26.4 Å². The van der Waals surface area contributed by atoms with Gasteiger partial charge in [-0.15, -0.1) is 0 Å². The maximum absolute atomic E-state index is 14.8. The molecule has 0 aliphatic carbocycles. The van der Waals surface area contributed by atoms with Gasteiger partial charge in [-0.25, -0.2) is 9.97 Å². The maximum atomic E-state index is 14.8. The molecule has 0 bridgehead atoms. The van der Waals surface area contributed by atoms with E-state index >= 15 is 0 Å². The van der Waals surface area contributed by atoms with Crippen LogP contribution in [0.15, 0.2) is 230 Å². The quantitative estimate of drug-likeness (QED) is 0.0529. The lowest BCUT2D eigenvalue weighted by Crippen LogP contribution is -2.48. The summed E-state index contributed by atoms with van der Waals surface area (Å²) >= 11 is 0. The second-order valence-corrected chi connectivity index (χ2v) is 18.5. The van der Waals surface area contributed by atoms with E-state index in [-0.39, 0.29) is 17.7 Å². The van der Waals surface area contributed by atoms with Gasteiger partial charge in [0.05, 0.1) is 19.5 Å². The van der Waals surface area contributed by atoms with E-state index in [1.54, 1.807) is 36.4 Å². The fraction of sp³-hybridized carbons (Fsp3) is 0.161. The van der Waals surface area contributed by atoms with Gasteiger partial charge in [0.15, 0.2) is 17.4 Å². The molecule has 358 valence electrons. The van der Waals surface area contributed by atoms with Crippen molar-refractivity contribution < 1.29 is 40.0 Å². The van der Waals surface area contributed by atoms with Gasteiger partial charge in [0.1, 0.15) is 35.8 Å². The Morgan fingerprint density at radius 3 is 1.37 bits per heavy atom. The number of imidazole rings is 1. The van der Waals surface area contributed by atoms with Crippen LogP contribution in [0.25, 0.3) is 11.2 Å². The molecule has 0 saturated carbocycles. The molecule has 71 heavy (non-hydrogen) atoms. The summed E-state index contributed by atoms with van der Waals surface area (Å²) < 4.78 is 101. The van der Waals surface area contributed by atoms with E-state index < -0.39 is 63.5 Å². The molecule has 1 saturated heterocycles. The largest absolute Gasteiger partial charge is 0.523 e. The number of ether oxygens (including phenoxy) is 3. The summed E-state index contributed by atoms with van der Waals surface area (Å²) in [5.41, 5.74) is -5.14. The molecule has 11 nitrogen and oxygen atoms in total. The molecule has 0 unspecified atom stereocenters. The number of halogens is 3. The van der Waals surface area contributed by atoms with Gasteiger partial charge in [-0.1, -0.05) is 212 Å². The van der Waals surface area contributed by atoms with Gasteiger partial charge in [-0.2, -0.15) is 21.6 Å². The lowest BCUT2D eigenvalue weighted by molar-refractivity contribution is -0.122. The Labute approximate surface area is 407 Å². The predicted molar refractivity (Wildman–Crippen MR) is 260 cm³/mol. The minimum atomic E-state index is -6.39. The molecule has 9 aromatic rings. The second-order valence-electron chi connectivity index (χ2n) is 17.0. The van der Waals surface area contributed by atoms with E-state index in [2.05, 4.69) is 9.97 Å². The Hall–Kier alpha value is -7.53. The minimum absolute atomic E-state index is 0.00570. The summed E-state index contributed by atoms with van der Waals surface area (Å²) in [6.45, 7) is -0.391. The molecule has 7 aromatic carbocycles. The summed E-state index contributed by atoms with van der Waals surface area (Å²) in [6.07, 6.45) is -4.41. The molecule has 1 aliphatic rings. The third-order valence-corrected chi connectivity index (χ3v) is 13.7. The van der Waals surface area contributed by atoms with Crippen LogP contribution in [0, 0.1) is 0 Å². The van der Waals surface area contributed by atoms with Crippen LogP contribution in [0.2, 0.25) is 0 Å². The number of benzene rings is 7. The van der Waals surface area contributed by atoms with Crippen molar-refractivity contribution in [1.29, 1.82) is 0 Å². The molecule has 1 aliphatic heterocycles. The molecule has 0 radical (unpaired) electrons. The zero-order valence-electron chi connectivity index (χ0n) is 37.8. The summed E-state index contributed by atoms with van der Waals surface area (Å²) in [5.74, 6) is 0.